The van der Waals surface area contributed by atoms with Crippen molar-refractivity contribution in [2.45, 2.75) is 13.3 Å². The molecule has 0 saturated carbocycles. The number of carbonyl (C=O) groups excluding carboxylic acids is 1. The first-order valence-corrected chi connectivity index (χ1v) is 8.88. The van der Waals surface area contributed by atoms with E-state index in [0.717, 1.165) is 0 Å². The van der Waals surface area contributed by atoms with E-state index < -0.39 is 16.0 Å². The molecule has 24 heavy (non-hydrogen) atoms. The van der Waals surface area contributed by atoms with Crippen LogP contribution in [-0.2, 0) is 14.8 Å². The summed E-state index contributed by atoms with van der Waals surface area (Å²) in [5, 5.41) is 10.7. The van der Waals surface area contributed by atoms with E-state index in [1.807, 2.05) is 0 Å². The third kappa shape index (κ3) is 4.92. The Morgan fingerprint density at radius 1 is 1.08 bits per heavy atom. The van der Waals surface area contributed by atoms with Gasteiger partial charge in [-0.1, -0.05) is 6.92 Å². The molecule has 2 N–H and O–H groups in total. The van der Waals surface area contributed by atoms with E-state index in [1.54, 1.807) is 37.3 Å². The van der Waals surface area contributed by atoms with Gasteiger partial charge in [-0.3, -0.25) is 4.72 Å². The molecule has 1 heterocycles. The lowest BCUT2D eigenvalue weighted by atomic mass is 10.2. The molecule has 0 aliphatic heterocycles. The number of methoxy groups -OCH3 is 1. The molecule has 0 spiro atoms. The lowest BCUT2D eigenvalue weighted by molar-refractivity contribution is 0.0601. The Morgan fingerprint density at radius 3 is 2.25 bits per heavy atom. The Hall–Kier alpha value is -2.68. The molecule has 0 aliphatic rings. The van der Waals surface area contributed by atoms with E-state index in [2.05, 4.69) is 25.0 Å². The van der Waals surface area contributed by atoms with Gasteiger partial charge in [-0.05, 0) is 42.8 Å². The second-order valence-corrected chi connectivity index (χ2v) is 6.76. The van der Waals surface area contributed by atoms with Crippen LogP contribution in [0.4, 0.5) is 17.3 Å². The van der Waals surface area contributed by atoms with Gasteiger partial charge < -0.3 is 10.1 Å². The van der Waals surface area contributed by atoms with Crippen LogP contribution in [0.1, 0.15) is 23.7 Å². The van der Waals surface area contributed by atoms with Gasteiger partial charge in [-0.25, -0.2) is 13.2 Å². The van der Waals surface area contributed by atoms with E-state index in [0.29, 0.717) is 23.5 Å². The highest BCUT2D eigenvalue weighted by molar-refractivity contribution is 7.92. The maximum absolute atomic E-state index is 11.7. The van der Waals surface area contributed by atoms with Gasteiger partial charge in [-0.15, -0.1) is 10.2 Å². The van der Waals surface area contributed by atoms with Crippen LogP contribution in [0.5, 0.6) is 0 Å². The van der Waals surface area contributed by atoms with E-state index in [1.165, 1.54) is 13.2 Å². The van der Waals surface area contributed by atoms with Crippen LogP contribution in [-0.4, -0.2) is 37.4 Å². The zero-order valence-corrected chi connectivity index (χ0v) is 14.1. The van der Waals surface area contributed by atoms with E-state index >= 15 is 0 Å². The Kier molecular flexibility index (Phi) is 5.69. The van der Waals surface area contributed by atoms with Crippen LogP contribution in [0.25, 0.3) is 0 Å². The van der Waals surface area contributed by atoms with Crippen LogP contribution in [0, 0.1) is 0 Å². The van der Waals surface area contributed by atoms with Gasteiger partial charge in [0.05, 0.1) is 18.4 Å². The molecule has 1 aromatic carbocycles. The number of esters is 1. The van der Waals surface area contributed by atoms with E-state index in [4.69, 9.17) is 0 Å². The minimum absolute atomic E-state index is 0.0290. The van der Waals surface area contributed by atoms with Crippen LogP contribution in [0.3, 0.4) is 0 Å². The van der Waals surface area contributed by atoms with Crippen molar-refractivity contribution in [3.05, 3.63) is 42.0 Å². The first kappa shape index (κ1) is 17.7. The van der Waals surface area contributed by atoms with Gasteiger partial charge in [0, 0.05) is 5.69 Å². The van der Waals surface area contributed by atoms with Crippen molar-refractivity contribution in [3.63, 3.8) is 0 Å². The normalized spacial score (nSPS) is 10.9. The summed E-state index contributed by atoms with van der Waals surface area (Å²) in [5.41, 5.74) is 1.14. The molecule has 0 aliphatic carbocycles. The number of benzene rings is 1. The molecular weight excluding hydrogens is 332 g/mol. The second kappa shape index (κ2) is 7.73. The van der Waals surface area contributed by atoms with E-state index in [9.17, 15) is 13.2 Å². The van der Waals surface area contributed by atoms with Gasteiger partial charge in [0.25, 0.3) is 0 Å². The number of nitrogens with zero attached hydrogens (tertiary/aromatic N) is 2. The molecule has 0 fully saturated rings. The average molecular weight is 350 g/mol. The van der Waals surface area contributed by atoms with Crippen molar-refractivity contribution in [1.29, 1.82) is 0 Å². The van der Waals surface area contributed by atoms with E-state index in [-0.39, 0.29) is 11.6 Å². The van der Waals surface area contributed by atoms with Crippen LogP contribution < -0.4 is 10.0 Å². The molecule has 0 amide bonds. The van der Waals surface area contributed by atoms with Gasteiger partial charge in [0.15, 0.2) is 11.6 Å². The smallest absolute Gasteiger partial charge is 0.337 e. The number of rotatable bonds is 7. The number of nitrogens with one attached hydrogen (secondary N) is 2. The molecule has 0 radical (unpaired) electrons. The van der Waals surface area contributed by atoms with Gasteiger partial charge in [0.1, 0.15) is 0 Å². The summed E-state index contributed by atoms with van der Waals surface area (Å²) in [7, 11) is -2.07. The van der Waals surface area contributed by atoms with Crippen molar-refractivity contribution in [3.8, 4) is 0 Å². The van der Waals surface area contributed by atoms with Gasteiger partial charge in [-0.2, -0.15) is 0 Å². The molecule has 2 aromatic rings. The zero-order chi connectivity index (χ0) is 17.6. The number of hydrogen-bond donors (Lipinski definition) is 2. The SMILES string of the molecule is CCCS(=O)(=O)Nc1ccc(Nc2ccc(C(=O)OC)cc2)nn1. The lowest BCUT2D eigenvalue weighted by Crippen LogP contribution is -2.17. The Morgan fingerprint density at radius 2 is 1.71 bits per heavy atom. The van der Waals surface area contributed by atoms with Crippen molar-refractivity contribution < 1.29 is 17.9 Å². The van der Waals surface area contributed by atoms with Gasteiger partial charge in [0.2, 0.25) is 10.0 Å². The monoisotopic (exact) mass is 350 g/mol. The molecule has 2 rings (SSSR count). The Bertz CT molecular complexity index is 789. The number of aromatic nitrogens is 2. The largest absolute Gasteiger partial charge is 0.465 e. The van der Waals surface area contributed by atoms with Crippen molar-refractivity contribution in [2.24, 2.45) is 0 Å². The maximum Gasteiger partial charge on any atom is 0.337 e. The third-order valence-electron chi connectivity index (χ3n) is 2.98. The molecule has 0 atom stereocenters. The number of anilines is 3. The van der Waals surface area contributed by atoms with Crippen molar-refractivity contribution in [2.75, 3.05) is 22.9 Å². The number of hydrogen-bond acceptors (Lipinski definition) is 7. The van der Waals surface area contributed by atoms with Crippen molar-refractivity contribution >= 4 is 33.3 Å². The Labute approximate surface area is 140 Å². The van der Waals surface area contributed by atoms with Crippen LogP contribution >= 0.6 is 0 Å². The molecule has 1 aromatic heterocycles. The highest BCUT2D eigenvalue weighted by atomic mass is 32.2. The number of ether oxygens (including phenoxy) is 1. The fourth-order valence-electron chi connectivity index (χ4n) is 1.89. The number of sulfonamides is 1. The summed E-state index contributed by atoms with van der Waals surface area (Å²) in [5.74, 6) is 0.223. The predicted molar refractivity (Wildman–Crippen MR) is 90.8 cm³/mol. The van der Waals surface area contributed by atoms with Crippen LogP contribution in [0.15, 0.2) is 36.4 Å². The van der Waals surface area contributed by atoms with Gasteiger partial charge >= 0.3 is 5.97 Å². The standard InChI is InChI=1S/C15H18N4O4S/c1-3-10-24(21,22)19-14-9-8-13(17-18-14)16-12-6-4-11(5-7-12)15(20)23-2/h4-9H,3,10H2,1-2H3,(H,16,17)(H,18,19). The average Bonchev–Trinajstić information content (AvgIpc) is 2.56. The minimum Gasteiger partial charge on any atom is -0.465 e. The summed E-state index contributed by atoms with van der Waals surface area (Å²) < 4.78 is 30.3. The van der Waals surface area contributed by atoms with Crippen molar-refractivity contribution in [1.82, 2.24) is 10.2 Å². The summed E-state index contributed by atoms with van der Waals surface area (Å²) in [4.78, 5) is 11.4. The summed E-state index contributed by atoms with van der Waals surface area (Å²) in [6.07, 6.45) is 0.518. The number of carbonyl (C=O) groups is 1. The third-order valence-corrected chi connectivity index (χ3v) is 4.44. The Balaban J connectivity index is 2.02. The fourth-order valence-corrected chi connectivity index (χ4v) is 2.95. The molecule has 0 unspecified atom stereocenters. The lowest BCUT2D eigenvalue weighted by Gasteiger charge is -2.08. The molecule has 0 saturated heterocycles. The fraction of sp³-hybridized carbons (Fsp3) is 0.267. The zero-order valence-electron chi connectivity index (χ0n) is 13.3. The maximum atomic E-state index is 11.7. The molecule has 9 heteroatoms. The summed E-state index contributed by atoms with van der Waals surface area (Å²) in [6.45, 7) is 1.78. The molecular formula is C15H18N4O4S. The molecule has 0 bridgehead atoms. The quantitative estimate of drug-likeness (QED) is 0.736. The predicted octanol–water partition coefficient (Wildman–Crippen LogP) is 2.16. The topological polar surface area (TPSA) is 110 Å². The second-order valence-electron chi connectivity index (χ2n) is 4.92. The molecule has 128 valence electrons. The first-order chi connectivity index (χ1) is 11.4. The summed E-state index contributed by atoms with van der Waals surface area (Å²) >= 11 is 0. The molecule has 8 nitrogen and oxygen atoms in total. The van der Waals surface area contributed by atoms with Crippen LogP contribution in [0.2, 0.25) is 0 Å². The minimum atomic E-state index is -3.39. The highest BCUT2D eigenvalue weighted by Crippen LogP contribution is 2.16. The highest BCUT2D eigenvalue weighted by Gasteiger charge is 2.10. The summed E-state index contributed by atoms with van der Waals surface area (Å²) in [6, 6.07) is 9.76. The first-order valence-electron chi connectivity index (χ1n) is 7.23.